The van der Waals surface area contributed by atoms with E-state index in [2.05, 4.69) is 30.5 Å². The normalized spacial score (nSPS) is 16.1. The van der Waals surface area contributed by atoms with Crippen molar-refractivity contribution in [3.8, 4) is 11.8 Å². The lowest BCUT2D eigenvalue weighted by Crippen LogP contribution is -2.40. The molecular formula is C21H22N8O2S. The van der Waals surface area contributed by atoms with Gasteiger partial charge in [0.1, 0.15) is 11.0 Å². The van der Waals surface area contributed by atoms with Gasteiger partial charge < -0.3 is 10.6 Å². The van der Waals surface area contributed by atoms with Gasteiger partial charge in [-0.1, -0.05) is 12.0 Å². The molecule has 1 aromatic carbocycles. The lowest BCUT2D eigenvalue weighted by atomic mass is 10.2. The van der Waals surface area contributed by atoms with Gasteiger partial charge in [0.25, 0.3) is 5.56 Å². The Morgan fingerprint density at radius 2 is 2.03 bits per heavy atom. The summed E-state index contributed by atoms with van der Waals surface area (Å²) in [6.07, 6.45) is 0.847. The molecule has 1 fully saturated rings. The Morgan fingerprint density at radius 1 is 1.22 bits per heavy atom. The molecule has 11 heteroatoms. The summed E-state index contributed by atoms with van der Waals surface area (Å²) in [4.78, 5) is 33.4. The molecule has 1 atom stereocenters. The van der Waals surface area contributed by atoms with Gasteiger partial charge in [-0.3, -0.25) is 18.5 Å². The van der Waals surface area contributed by atoms with Crippen LogP contribution in [0.3, 0.4) is 0 Å². The number of imidazole rings is 1. The van der Waals surface area contributed by atoms with Crippen molar-refractivity contribution in [2.75, 3.05) is 18.0 Å². The summed E-state index contributed by atoms with van der Waals surface area (Å²) in [5.41, 5.74) is 8.33. The van der Waals surface area contributed by atoms with E-state index in [0.717, 1.165) is 41.3 Å². The third-order valence-corrected chi connectivity index (χ3v) is 6.35. The standard InChI is InChI=1S/C21H22N8O2S/c1-3-4-8-28-17-18(23-20(28)27-9-7-14(22)12-27)26(2)21(31)29(19(17)30)11-13-5-6-15-16(10-13)25-32-24-15/h5-6,10,14H,7-9,11-12,22H2,1-2H3/t14-/m0/s1. The van der Waals surface area contributed by atoms with Crippen molar-refractivity contribution in [3.05, 3.63) is 44.6 Å². The van der Waals surface area contributed by atoms with E-state index in [0.29, 0.717) is 30.2 Å². The lowest BCUT2D eigenvalue weighted by Gasteiger charge is -2.17. The molecule has 1 aliphatic heterocycles. The zero-order chi connectivity index (χ0) is 22.4. The molecule has 0 radical (unpaired) electrons. The molecule has 0 aliphatic carbocycles. The fourth-order valence-corrected chi connectivity index (χ4v) is 4.64. The molecule has 32 heavy (non-hydrogen) atoms. The summed E-state index contributed by atoms with van der Waals surface area (Å²) in [5.74, 6) is 6.53. The second-order valence-corrected chi connectivity index (χ2v) is 8.44. The first-order valence-electron chi connectivity index (χ1n) is 10.3. The van der Waals surface area contributed by atoms with E-state index in [9.17, 15) is 9.59 Å². The minimum Gasteiger partial charge on any atom is -0.341 e. The molecule has 0 saturated carbocycles. The quantitative estimate of drug-likeness (QED) is 0.450. The molecule has 1 saturated heterocycles. The summed E-state index contributed by atoms with van der Waals surface area (Å²) in [5, 5.41) is 0. The van der Waals surface area contributed by atoms with Crippen LogP contribution in [0.2, 0.25) is 0 Å². The number of benzene rings is 1. The second kappa shape index (κ2) is 7.89. The first-order chi connectivity index (χ1) is 15.5. The van der Waals surface area contributed by atoms with Gasteiger partial charge in [-0.2, -0.15) is 13.7 Å². The van der Waals surface area contributed by atoms with E-state index in [-0.39, 0.29) is 18.1 Å². The van der Waals surface area contributed by atoms with Crippen LogP contribution in [-0.2, 0) is 20.1 Å². The Morgan fingerprint density at radius 3 is 2.78 bits per heavy atom. The molecule has 10 nitrogen and oxygen atoms in total. The van der Waals surface area contributed by atoms with Crippen molar-refractivity contribution in [1.82, 2.24) is 27.4 Å². The molecule has 5 rings (SSSR count). The molecule has 164 valence electrons. The lowest BCUT2D eigenvalue weighted by molar-refractivity contribution is 0.654. The topological polar surface area (TPSA) is 117 Å². The van der Waals surface area contributed by atoms with Gasteiger partial charge in [0, 0.05) is 26.2 Å². The number of nitrogens with two attached hydrogens (primary N) is 1. The van der Waals surface area contributed by atoms with Crippen LogP contribution in [0.15, 0.2) is 27.8 Å². The highest BCUT2D eigenvalue weighted by Gasteiger charge is 2.27. The van der Waals surface area contributed by atoms with Gasteiger partial charge in [-0.25, -0.2) is 4.79 Å². The monoisotopic (exact) mass is 450 g/mol. The van der Waals surface area contributed by atoms with Crippen LogP contribution in [0.5, 0.6) is 0 Å². The third kappa shape index (κ3) is 3.28. The van der Waals surface area contributed by atoms with Gasteiger partial charge in [-0.05, 0) is 31.0 Å². The van der Waals surface area contributed by atoms with Crippen molar-refractivity contribution in [2.45, 2.75) is 32.5 Å². The maximum Gasteiger partial charge on any atom is 0.332 e. The van der Waals surface area contributed by atoms with Crippen molar-refractivity contribution >= 4 is 39.9 Å². The van der Waals surface area contributed by atoms with Crippen LogP contribution in [0.4, 0.5) is 5.95 Å². The van der Waals surface area contributed by atoms with E-state index in [1.54, 1.807) is 18.5 Å². The van der Waals surface area contributed by atoms with E-state index in [1.165, 1.54) is 9.13 Å². The number of aryl methyl sites for hydroxylation is 1. The molecule has 0 bridgehead atoms. The summed E-state index contributed by atoms with van der Waals surface area (Å²) >= 11 is 1.13. The van der Waals surface area contributed by atoms with E-state index < -0.39 is 5.69 Å². The summed E-state index contributed by atoms with van der Waals surface area (Å²) in [6, 6.07) is 5.61. The summed E-state index contributed by atoms with van der Waals surface area (Å²) in [6.45, 7) is 3.57. The van der Waals surface area contributed by atoms with Crippen LogP contribution in [0.1, 0.15) is 18.9 Å². The first-order valence-corrected chi connectivity index (χ1v) is 11.0. The number of hydrogen-bond donors (Lipinski definition) is 1. The first kappa shape index (κ1) is 20.4. The predicted molar refractivity (Wildman–Crippen MR) is 124 cm³/mol. The van der Waals surface area contributed by atoms with Crippen LogP contribution < -0.4 is 21.9 Å². The predicted octanol–water partition coefficient (Wildman–Crippen LogP) is 0.510. The van der Waals surface area contributed by atoms with E-state index in [4.69, 9.17) is 5.73 Å². The zero-order valence-electron chi connectivity index (χ0n) is 17.8. The Bertz CT molecular complexity index is 1520. The minimum atomic E-state index is -0.421. The van der Waals surface area contributed by atoms with Crippen molar-refractivity contribution in [2.24, 2.45) is 12.8 Å². The van der Waals surface area contributed by atoms with Crippen molar-refractivity contribution in [3.63, 3.8) is 0 Å². The highest BCUT2D eigenvalue weighted by Crippen LogP contribution is 2.23. The third-order valence-electron chi connectivity index (χ3n) is 5.79. The van der Waals surface area contributed by atoms with E-state index in [1.807, 2.05) is 18.2 Å². The van der Waals surface area contributed by atoms with Crippen LogP contribution in [0, 0.1) is 11.8 Å². The Hall–Kier alpha value is -3.49. The fourth-order valence-electron chi connectivity index (χ4n) is 4.13. The molecule has 0 spiro atoms. The average molecular weight is 451 g/mol. The van der Waals surface area contributed by atoms with Crippen LogP contribution in [0.25, 0.3) is 22.2 Å². The maximum atomic E-state index is 13.6. The minimum absolute atomic E-state index is 0.0520. The maximum absolute atomic E-state index is 13.6. The summed E-state index contributed by atoms with van der Waals surface area (Å²) in [7, 11) is 1.64. The Labute approximate surface area is 187 Å². The summed E-state index contributed by atoms with van der Waals surface area (Å²) < 4.78 is 12.9. The zero-order valence-corrected chi connectivity index (χ0v) is 18.6. The van der Waals surface area contributed by atoms with Crippen LogP contribution >= 0.6 is 11.7 Å². The largest absolute Gasteiger partial charge is 0.341 e. The van der Waals surface area contributed by atoms with Gasteiger partial charge in [-0.15, -0.1) is 5.92 Å². The molecule has 1 aliphatic rings. The Kier molecular flexibility index (Phi) is 5.03. The van der Waals surface area contributed by atoms with Gasteiger partial charge >= 0.3 is 5.69 Å². The van der Waals surface area contributed by atoms with Gasteiger partial charge in [0.2, 0.25) is 5.95 Å². The van der Waals surface area contributed by atoms with E-state index >= 15 is 0 Å². The molecule has 4 aromatic rings. The van der Waals surface area contributed by atoms with Gasteiger partial charge in [0.15, 0.2) is 11.2 Å². The number of rotatable bonds is 4. The second-order valence-electron chi connectivity index (χ2n) is 7.91. The number of fused-ring (bicyclic) bond motifs is 2. The number of hydrogen-bond acceptors (Lipinski definition) is 8. The highest BCUT2D eigenvalue weighted by molar-refractivity contribution is 7.00. The molecule has 0 unspecified atom stereocenters. The molecule has 4 heterocycles. The number of nitrogens with zero attached hydrogens (tertiary/aromatic N) is 7. The van der Waals surface area contributed by atoms with Crippen molar-refractivity contribution < 1.29 is 0 Å². The molecule has 2 N–H and O–H groups in total. The molecule has 0 amide bonds. The Balaban J connectivity index is 1.69. The highest BCUT2D eigenvalue weighted by atomic mass is 32.1. The number of aromatic nitrogens is 6. The smallest absolute Gasteiger partial charge is 0.332 e. The average Bonchev–Trinajstić information content (AvgIpc) is 3.51. The van der Waals surface area contributed by atoms with Crippen LogP contribution in [-0.4, -0.2) is 46.6 Å². The van der Waals surface area contributed by atoms with Gasteiger partial charge in [0.05, 0.1) is 24.8 Å². The fraction of sp³-hybridized carbons (Fsp3) is 0.381. The van der Waals surface area contributed by atoms with Crippen molar-refractivity contribution in [1.29, 1.82) is 0 Å². The molecule has 3 aromatic heterocycles. The number of anilines is 1. The SMILES string of the molecule is CC#CCn1c(N2CC[C@H](N)C2)nc2c1c(=O)n(Cc1ccc3nsnc3c1)c(=O)n2C. The molecular weight excluding hydrogens is 428 g/mol.